The van der Waals surface area contributed by atoms with Gasteiger partial charge in [0.2, 0.25) is 0 Å². The highest BCUT2D eigenvalue weighted by Crippen LogP contribution is 2.58. The van der Waals surface area contributed by atoms with Crippen LogP contribution in [-0.4, -0.2) is 0 Å². The van der Waals surface area contributed by atoms with E-state index in [0.29, 0.717) is 5.92 Å². The number of rotatable bonds is 1. The Balaban J connectivity index is 1.83. The third kappa shape index (κ3) is 1.10. The second-order valence-electron chi connectivity index (χ2n) is 5.02. The monoisotopic (exact) mass is 206 g/mol. The summed E-state index contributed by atoms with van der Waals surface area (Å²) >= 11 is 0. The van der Waals surface area contributed by atoms with Crippen molar-refractivity contribution in [3.63, 3.8) is 0 Å². The smallest absolute Gasteiger partial charge is 0.0133 e. The largest absolute Gasteiger partial charge is 0.0833 e. The van der Waals surface area contributed by atoms with Crippen LogP contribution < -0.4 is 0 Å². The summed E-state index contributed by atoms with van der Waals surface area (Å²) in [6, 6.07) is 10.9. The van der Waals surface area contributed by atoms with Gasteiger partial charge in [0.15, 0.2) is 0 Å². The highest BCUT2D eigenvalue weighted by Gasteiger charge is 2.50. The number of hydrogen-bond donors (Lipinski definition) is 0. The summed E-state index contributed by atoms with van der Waals surface area (Å²) in [5, 5.41) is 0. The van der Waals surface area contributed by atoms with Crippen molar-refractivity contribution >= 4 is 5.57 Å². The normalized spacial score (nSPS) is 37.9. The standard InChI is InChI=1S/C16H14/c1-2-4-12(5-3-1)15-10-11-6-8-13-14(9-7-11)16(13)15/h1-11,13-14,16H. The zero-order valence-electron chi connectivity index (χ0n) is 9.08. The third-order valence-corrected chi connectivity index (χ3v) is 4.08. The molecule has 0 nitrogen and oxygen atoms in total. The van der Waals surface area contributed by atoms with Gasteiger partial charge in [-0.3, -0.25) is 0 Å². The Kier molecular flexibility index (Phi) is 1.59. The first-order chi connectivity index (χ1) is 7.93. The molecule has 5 rings (SSSR count). The molecule has 16 heavy (non-hydrogen) atoms. The molecule has 0 radical (unpaired) electrons. The molecule has 0 N–H and O–H groups in total. The summed E-state index contributed by atoms with van der Waals surface area (Å²) in [7, 11) is 0. The van der Waals surface area contributed by atoms with E-state index in [1.807, 2.05) is 0 Å². The van der Waals surface area contributed by atoms with Crippen molar-refractivity contribution in [2.45, 2.75) is 0 Å². The van der Waals surface area contributed by atoms with Gasteiger partial charge in [-0.2, -0.15) is 0 Å². The van der Waals surface area contributed by atoms with Crippen molar-refractivity contribution in [1.29, 1.82) is 0 Å². The predicted molar refractivity (Wildman–Crippen MR) is 66.7 cm³/mol. The van der Waals surface area contributed by atoms with E-state index in [1.54, 1.807) is 5.57 Å². The third-order valence-electron chi connectivity index (χ3n) is 4.08. The molecule has 1 aromatic rings. The molecule has 0 amide bonds. The van der Waals surface area contributed by atoms with Gasteiger partial charge in [0.05, 0.1) is 0 Å². The van der Waals surface area contributed by atoms with E-state index >= 15 is 0 Å². The van der Waals surface area contributed by atoms with Gasteiger partial charge in [-0.05, 0) is 28.9 Å². The van der Waals surface area contributed by atoms with Gasteiger partial charge >= 0.3 is 0 Å². The van der Waals surface area contributed by atoms with Crippen LogP contribution in [0.1, 0.15) is 5.56 Å². The minimum Gasteiger partial charge on any atom is -0.0833 e. The van der Waals surface area contributed by atoms with Crippen LogP contribution in [0, 0.1) is 23.7 Å². The number of benzene rings is 1. The van der Waals surface area contributed by atoms with Crippen LogP contribution in [0.25, 0.3) is 5.57 Å². The fourth-order valence-electron chi connectivity index (χ4n) is 3.20. The minimum atomic E-state index is 0.523. The maximum atomic E-state index is 2.44. The summed E-state index contributed by atoms with van der Waals surface area (Å²) in [5.41, 5.74) is 2.98. The van der Waals surface area contributed by atoms with Crippen molar-refractivity contribution in [3.05, 3.63) is 66.3 Å². The van der Waals surface area contributed by atoms with E-state index in [2.05, 4.69) is 60.7 Å². The van der Waals surface area contributed by atoms with Crippen LogP contribution in [-0.2, 0) is 0 Å². The van der Waals surface area contributed by atoms with Gasteiger partial charge in [-0.15, -0.1) is 0 Å². The summed E-state index contributed by atoms with van der Waals surface area (Å²) < 4.78 is 0. The van der Waals surface area contributed by atoms with Crippen LogP contribution in [0.4, 0.5) is 0 Å². The summed E-state index contributed by atoms with van der Waals surface area (Å²) in [4.78, 5) is 0. The number of hydrogen-bond acceptors (Lipinski definition) is 0. The molecule has 1 fully saturated rings. The quantitative estimate of drug-likeness (QED) is 0.615. The Labute approximate surface area is 96.0 Å². The molecule has 78 valence electrons. The van der Waals surface area contributed by atoms with Gasteiger partial charge in [-0.1, -0.05) is 60.7 Å². The topological polar surface area (TPSA) is 0 Å². The second kappa shape index (κ2) is 2.98. The average Bonchev–Trinajstić information content (AvgIpc) is 3.08. The molecule has 1 aromatic carbocycles. The first-order valence-electron chi connectivity index (χ1n) is 6.07. The van der Waals surface area contributed by atoms with E-state index in [-0.39, 0.29) is 0 Å². The summed E-state index contributed by atoms with van der Waals surface area (Å²) in [6.45, 7) is 0. The molecule has 0 spiro atoms. The van der Waals surface area contributed by atoms with Crippen molar-refractivity contribution in [1.82, 2.24) is 0 Å². The van der Waals surface area contributed by atoms with E-state index in [0.717, 1.165) is 17.8 Å². The molecule has 2 atom stereocenters. The van der Waals surface area contributed by atoms with Crippen molar-refractivity contribution in [2.75, 3.05) is 0 Å². The van der Waals surface area contributed by atoms with Gasteiger partial charge in [0.1, 0.15) is 0 Å². The highest BCUT2D eigenvalue weighted by atomic mass is 14.5. The van der Waals surface area contributed by atoms with Crippen LogP contribution in [0.3, 0.4) is 0 Å². The maximum Gasteiger partial charge on any atom is 0.0133 e. The lowest BCUT2D eigenvalue weighted by molar-refractivity contribution is 1.00. The first kappa shape index (κ1) is 8.58. The van der Waals surface area contributed by atoms with E-state index in [4.69, 9.17) is 0 Å². The fourth-order valence-corrected chi connectivity index (χ4v) is 3.20. The van der Waals surface area contributed by atoms with Crippen molar-refractivity contribution < 1.29 is 0 Å². The predicted octanol–water partition coefficient (Wildman–Crippen LogP) is 3.69. The lowest BCUT2D eigenvalue weighted by atomic mass is 9.98. The Morgan fingerprint density at radius 2 is 1.44 bits per heavy atom. The maximum absolute atomic E-state index is 2.44. The summed E-state index contributed by atoms with van der Waals surface area (Å²) in [6.07, 6.45) is 12.0. The van der Waals surface area contributed by atoms with Gasteiger partial charge < -0.3 is 0 Å². The average molecular weight is 206 g/mol. The molecule has 0 heterocycles. The molecule has 2 unspecified atom stereocenters. The molecule has 4 aliphatic rings. The van der Waals surface area contributed by atoms with Crippen LogP contribution in [0.15, 0.2) is 60.7 Å². The zero-order valence-corrected chi connectivity index (χ0v) is 9.08. The van der Waals surface area contributed by atoms with Crippen molar-refractivity contribution in [3.8, 4) is 0 Å². The fraction of sp³-hybridized carbons (Fsp3) is 0.250. The molecule has 4 bridgehead atoms. The number of allylic oxidation sites excluding steroid dienone is 6. The van der Waals surface area contributed by atoms with Gasteiger partial charge in [0, 0.05) is 5.92 Å². The SMILES string of the molecule is C1=CC2C3C=CC1C=C(c1ccccc1)C23. The van der Waals surface area contributed by atoms with Crippen LogP contribution in [0.2, 0.25) is 0 Å². The Hall–Kier alpha value is -1.56. The Morgan fingerprint density at radius 1 is 0.750 bits per heavy atom. The molecule has 0 aliphatic heterocycles. The van der Waals surface area contributed by atoms with Gasteiger partial charge in [-0.25, -0.2) is 0 Å². The lowest BCUT2D eigenvalue weighted by Gasteiger charge is -2.07. The van der Waals surface area contributed by atoms with E-state index in [1.165, 1.54) is 5.56 Å². The van der Waals surface area contributed by atoms with Crippen molar-refractivity contribution in [2.24, 2.45) is 23.7 Å². The minimum absolute atomic E-state index is 0.523. The molecule has 0 saturated heterocycles. The molecule has 1 saturated carbocycles. The molecule has 4 aliphatic carbocycles. The molecule has 0 aromatic heterocycles. The van der Waals surface area contributed by atoms with Crippen LogP contribution in [0.5, 0.6) is 0 Å². The lowest BCUT2D eigenvalue weighted by Crippen LogP contribution is -1.90. The Bertz CT molecular complexity index is 484. The molecular weight excluding hydrogens is 192 g/mol. The van der Waals surface area contributed by atoms with Crippen LogP contribution >= 0.6 is 0 Å². The Morgan fingerprint density at radius 3 is 2.12 bits per heavy atom. The zero-order chi connectivity index (χ0) is 10.5. The van der Waals surface area contributed by atoms with E-state index in [9.17, 15) is 0 Å². The highest BCUT2D eigenvalue weighted by molar-refractivity contribution is 5.73. The first-order valence-corrected chi connectivity index (χ1v) is 6.07. The van der Waals surface area contributed by atoms with E-state index < -0.39 is 0 Å². The molecular formula is C16H14. The second-order valence-corrected chi connectivity index (χ2v) is 5.02. The summed E-state index contributed by atoms with van der Waals surface area (Å²) in [5.74, 6) is 2.82. The molecule has 0 heteroatoms. The van der Waals surface area contributed by atoms with Gasteiger partial charge in [0.25, 0.3) is 0 Å².